The van der Waals surface area contributed by atoms with Crippen molar-refractivity contribution in [2.75, 3.05) is 40.0 Å². The molecule has 5 heteroatoms. The summed E-state index contributed by atoms with van der Waals surface area (Å²) in [6, 6.07) is 7.45. The molecular formula is C15H23NO4. The minimum atomic E-state index is -0.522. The van der Waals surface area contributed by atoms with Crippen molar-refractivity contribution in [3.8, 4) is 11.5 Å². The molecule has 0 spiro atoms. The Morgan fingerprint density at radius 3 is 2.95 bits per heavy atom. The van der Waals surface area contributed by atoms with E-state index in [1.54, 1.807) is 13.2 Å². The van der Waals surface area contributed by atoms with Crippen molar-refractivity contribution >= 4 is 0 Å². The second-order valence-electron chi connectivity index (χ2n) is 4.21. The lowest BCUT2D eigenvalue weighted by Crippen LogP contribution is -2.32. The summed E-state index contributed by atoms with van der Waals surface area (Å²) in [5.41, 5.74) is 0. The highest BCUT2D eigenvalue weighted by Gasteiger charge is 2.03. The minimum Gasteiger partial charge on any atom is -0.497 e. The summed E-state index contributed by atoms with van der Waals surface area (Å²) in [5, 5.41) is 12.7. The van der Waals surface area contributed by atoms with E-state index in [-0.39, 0.29) is 0 Å². The molecule has 20 heavy (non-hydrogen) atoms. The van der Waals surface area contributed by atoms with E-state index in [0.29, 0.717) is 32.9 Å². The first-order valence-electron chi connectivity index (χ1n) is 6.60. The van der Waals surface area contributed by atoms with Crippen LogP contribution in [-0.2, 0) is 4.74 Å². The molecule has 1 aromatic rings. The van der Waals surface area contributed by atoms with Crippen LogP contribution in [0.5, 0.6) is 11.5 Å². The molecular weight excluding hydrogens is 258 g/mol. The standard InChI is InChI=1S/C15H23NO4/c1-3-8-19-12-13(17)11-16-7-9-20-15-6-4-5-14(10-15)18-2/h3-6,10,13,16-17H,1,7-9,11-12H2,2H3/t13-/m1/s1. The van der Waals surface area contributed by atoms with Gasteiger partial charge in [0.1, 0.15) is 18.1 Å². The Hall–Kier alpha value is -1.56. The zero-order valence-electron chi connectivity index (χ0n) is 11.9. The molecule has 0 saturated heterocycles. The van der Waals surface area contributed by atoms with Crippen LogP contribution in [0.4, 0.5) is 0 Å². The predicted molar refractivity (Wildman–Crippen MR) is 78.4 cm³/mol. The second-order valence-corrected chi connectivity index (χ2v) is 4.21. The van der Waals surface area contributed by atoms with Crippen LogP contribution < -0.4 is 14.8 Å². The summed E-state index contributed by atoms with van der Waals surface area (Å²) >= 11 is 0. The Kier molecular flexibility index (Phi) is 8.46. The van der Waals surface area contributed by atoms with Crippen molar-refractivity contribution < 1.29 is 19.3 Å². The number of methoxy groups -OCH3 is 1. The molecule has 0 unspecified atom stereocenters. The smallest absolute Gasteiger partial charge is 0.123 e. The van der Waals surface area contributed by atoms with Crippen LogP contribution in [0.2, 0.25) is 0 Å². The normalized spacial score (nSPS) is 11.9. The van der Waals surface area contributed by atoms with Crippen LogP contribution in [0.25, 0.3) is 0 Å². The SMILES string of the molecule is C=CCOC[C@H](O)CNCCOc1cccc(OC)c1. The summed E-state index contributed by atoms with van der Waals surface area (Å²) in [4.78, 5) is 0. The van der Waals surface area contributed by atoms with Gasteiger partial charge in [-0.1, -0.05) is 12.1 Å². The highest BCUT2D eigenvalue weighted by atomic mass is 16.5. The third-order valence-corrected chi connectivity index (χ3v) is 2.51. The molecule has 0 aromatic heterocycles. The van der Waals surface area contributed by atoms with Crippen LogP contribution in [0.15, 0.2) is 36.9 Å². The van der Waals surface area contributed by atoms with Crippen LogP contribution in [-0.4, -0.2) is 51.2 Å². The summed E-state index contributed by atoms with van der Waals surface area (Å²) in [5.74, 6) is 1.53. The first-order chi connectivity index (χ1) is 9.76. The molecule has 0 amide bonds. The molecule has 0 heterocycles. The Morgan fingerprint density at radius 1 is 1.40 bits per heavy atom. The van der Waals surface area contributed by atoms with E-state index in [4.69, 9.17) is 14.2 Å². The van der Waals surface area contributed by atoms with Gasteiger partial charge in [-0.2, -0.15) is 0 Å². The first kappa shape index (κ1) is 16.5. The van der Waals surface area contributed by atoms with Gasteiger partial charge >= 0.3 is 0 Å². The van der Waals surface area contributed by atoms with Gasteiger partial charge in [0.05, 0.1) is 26.4 Å². The third kappa shape index (κ3) is 7.13. The van der Waals surface area contributed by atoms with Crippen LogP contribution in [0.1, 0.15) is 0 Å². The van der Waals surface area contributed by atoms with Gasteiger partial charge < -0.3 is 24.6 Å². The summed E-state index contributed by atoms with van der Waals surface area (Å²) in [6.45, 7) is 5.93. The Balaban J connectivity index is 2.07. The maximum absolute atomic E-state index is 9.58. The van der Waals surface area contributed by atoms with Gasteiger partial charge in [0.2, 0.25) is 0 Å². The monoisotopic (exact) mass is 281 g/mol. The van der Waals surface area contributed by atoms with Gasteiger partial charge in [-0.25, -0.2) is 0 Å². The molecule has 0 radical (unpaired) electrons. The molecule has 0 saturated carbocycles. The molecule has 0 aliphatic rings. The fourth-order valence-electron chi connectivity index (χ4n) is 1.55. The third-order valence-electron chi connectivity index (χ3n) is 2.51. The van der Waals surface area contributed by atoms with Crippen LogP contribution >= 0.6 is 0 Å². The summed E-state index contributed by atoms with van der Waals surface area (Å²) in [7, 11) is 1.62. The van der Waals surface area contributed by atoms with Crippen molar-refractivity contribution in [2.24, 2.45) is 0 Å². The Bertz CT molecular complexity index is 384. The minimum absolute atomic E-state index is 0.301. The van der Waals surface area contributed by atoms with Gasteiger partial charge in [0.15, 0.2) is 0 Å². The zero-order chi connectivity index (χ0) is 14.6. The quantitative estimate of drug-likeness (QED) is 0.472. The number of nitrogens with one attached hydrogen (secondary N) is 1. The van der Waals surface area contributed by atoms with E-state index in [1.807, 2.05) is 24.3 Å². The van der Waals surface area contributed by atoms with Crippen LogP contribution in [0.3, 0.4) is 0 Å². The molecule has 5 nitrogen and oxygen atoms in total. The van der Waals surface area contributed by atoms with Crippen molar-refractivity contribution in [2.45, 2.75) is 6.10 Å². The van der Waals surface area contributed by atoms with Gasteiger partial charge in [-0.15, -0.1) is 6.58 Å². The van der Waals surface area contributed by atoms with Gasteiger partial charge in [-0.05, 0) is 12.1 Å². The van der Waals surface area contributed by atoms with E-state index in [2.05, 4.69) is 11.9 Å². The number of aliphatic hydroxyl groups is 1. The summed E-state index contributed by atoms with van der Waals surface area (Å²) in [6.07, 6.45) is 1.13. The molecule has 2 N–H and O–H groups in total. The maximum atomic E-state index is 9.58. The lowest BCUT2D eigenvalue weighted by atomic mass is 10.3. The zero-order valence-corrected chi connectivity index (χ0v) is 11.9. The van der Waals surface area contributed by atoms with Crippen molar-refractivity contribution in [1.82, 2.24) is 5.32 Å². The largest absolute Gasteiger partial charge is 0.497 e. The van der Waals surface area contributed by atoms with Gasteiger partial charge in [-0.3, -0.25) is 0 Å². The summed E-state index contributed by atoms with van der Waals surface area (Å²) < 4.78 is 15.8. The van der Waals surface area contributed by atoms with E-state index < -0.39 is 6.10 Å². The topological polar surface area (TPSA) is 60.0 Å². The molecule has 112 valence electrons. The average Bonchev–Trinajstić information content (AvgIpc) is 2.47. The number of benzene rings is 1. The van der Waals surface area contributed by atoms with Crippen LogP contribution in [0, 0.1) is 0 Å². The molecule has 0 fully saturated rings. The van der Waals surface area contributed by atoms with E-state index in [1.165, 1.54) is 0 Å². The Labute approximate surface area is 120 Å². The van der Waals surface area contributed by atoms with Gasteiger partial charge in [0, 0.05) is 19.2 Å². The average molecular weight is 281 g/mol. The van der Waals surface area contributed by atoms with E-state index in [9.17, 15) is 5.11 Å². The lowest BCUT2D eigenvalue weighted by Gasteiger charge is -2.12. The molecule has 1 atom stereocenters. The number of rotatable bonds is 11. The molecule has 0 aliphatic heterocycles. The van der Waals surface area contributed by atoms with Crippen molar-refractivity contribution in [3.63, 3.8) is 0 Å². The molecule has 0 bridgehead atoms. The van der Waals surface area contributed by atoms with E-state index >= 15 is 0 Å². The fourth-order valence-corrected chi connectivity index (χ4v) is 1.55. The highest BCUT2D eigenvalue weighted by molar-refractivity contribution is 5.32. The molecule has 1 rings (SSSR count). The van der Waals surface area contributed by atoms with Crippen molar-refractivity contribution in [3.05, 3.63) is 36.9 Å². The number of aliphatic hydroxyl groups excluding tert-OH is 1. The molecule has 1 aromatic carbocycles. The molecule has 0 aliphatic carbocycles. The van der Waals surface area contributed by atoms with Crippen molar-refractivity contribution in [1.29, 1.82) is 0 Å². The number of ether oxygens (including phenoxy) is 3. The maximum Gasteiger partial charge on any atom is 0.123 e. The number of hydrogen-bond donors (Lipinski definition) is 2. The first-order valence-corrected chi connectivity index (χ1v) is 6.60. The Morgan fingerprint density at radius 2 is 2.20 bits per heavy atom. The lowest BCUT2D eigenvalue weighted by molar-refractivity contribution is 0.0491. The van der Waals surface area contributed by atoms with E-state index in [0.717, 1.165) is 11.5 Å². The second kappa shape index (κ2) is 10.3. The fraction of sp³-hybridized carbons (Fsp3) is 0.467. The van der Waals surface area contributed by atoms with Gasteiger partial charge in [0.25, 0.3) is 0 Å². The number of hydrogen-bond acceptors (Lipinski definition) is 5. The predicted octanol–water partition coefficient (Wildman–Crippen LogP) is 1.23. The highest BCUT2D eigenvalue weighted by Crippen LogP contribution is 2.18.